The summed E-state index contributed by atoms with van der Waals surface area (Å²) < 4.78 is 40.1. The van der Waals surface area contributed by atoms with Gasteiger partial charge in [-0.3, -0.25) is 19.9 Å². The predicted molar refractivity (Wildman–Crippen MR) is 163 cm³/mol. The van der Waals surface area contributed by atoms with E-state index in [1.54, 1.807) is 24.7 Å². The van der Waals surface area contributed by atoms with Crippen molar-refractivity contribution in [2.75, 3.05) is 11.6 Å². The van der Waals surface area contributed by atoms with Gasteiger partial charge in [-0.05, 0) is 54.1 Å². The molecular weight excluding hydrogens is 571 g/mol. The summed E-state index contributed by atoms with van der Waals surface area (Å²) in [6, 6.07) is 13.6. The molecule has 0 bridgehead atoms. The van der Waals surface area contributed by atoms with Crippen LogP contribution in [0.25, 0.3) is 55.8 Å². The number of carbonyl (C=O) groups excluding carboxylic acids is 1. The van der Waals surface area contributed by atoms with E-state index in [-0.39, 0.29) is 18.4 Å². The third kappa shape index (κ3) is 5.98. The van der Waals surface area contributed by atoms with E-state index >= 15 is 0 Å². The molecule has 0 aliphatic heterocycles. The zero-order chi connectivity index (χ0) is 30.3. The third-order valence-corrected chi connectivity index (χ3v) is 7.48. The molecule has 0 saturated heterocycles. The maximum atomic E-state index is 14.6. The fraction of sp³-hybridized carbons (Fsp3) is 0.167. The van der Waals surface area contributed by atoms with Crippen LogP contribution < -0.4 is 10.0 Å². The highest BCUT2D eigenvalue weighted by Gasteiger charge is 2.17. The highest BCUT2D eigenvalue weighted by atomic mass is 32.2. The molecule has 6 rings (SSSR count). The lowest BCUT2D eigenvalue weighted by atomic mass is 10.0. The van der Waals surface area contributed by atoms with Gasteiger partial charge in [0.05, 0.1) is 40.7 Å². The number of nitrogens with one attached hydrogen (secondary N) is 4. The number of aromatic nitrogens is 6. The molecule has 6 aromatic rings. The first-order valence-corrected chi connectivity index (χ1v) is 15.3. The standard InChI is InChI=1S/C30H27FN8O3S/c1-16(2)30(40)35-21-11-19(14-32-15-21)23-4-5-25-28(37-23)29(39-38-25)26-12-22-24(36-26)6-7-33-27(22)18-8-17(9-20(31)10-18)13-34-43(3,41)42/h4-12,14-16,34,36H,13H2,1-3H3,(H,35,40)(H,38,39). The molecule has 1 aromatic carbocycles. The molecule has 0 saturated carbocycles. The Hall–Kier alpha value is -5.01. The molecule has 5 heterocycles. The topological polar surface area (TPSA) is 158 Å². The zero-order valence-corrected chi connectivity index (χ0v) is 24.3. The lowest BCUT2D eigenvalue weighted by Crippen LogP contribution is -2.21. The van der Waals surface area contributed by atoms with Crippen molar-refractivity contribution in [2.24, 2.45) is 5.92 Å². The number of H-pyrrole nitrogens is 2. The number of halogens is 1. The Kier molecular flexibility index (Phi) is 7.20. The number of carbonyl (C=O) groups is 1. The van der Waals surface area contributed by atoms with Gasteiger partial charge in [-0.15, -0.1) is 0 Å². The molecular formula is C30H27FN8O3S. The van der Waals surface area contributed by atoms with Crippen LogP contribution in [0.3, 0.4) is 0 Å². The maximum Gasteiger partial charge on any atom is 0.226 e. The maximum absolute atomic E-state index is 14.6. The molecule has 43 heavy (non-hydrogen) atoms. The van der Waals surface area contributed by atoms with E-state index < -0.39 is 15.8 Å². The predicted octanol–water partition coefficient (Wildman–Crippen LogP) is 5.01. The Morgan fingerprint density at radius 1 is 1.00 bits per heavy atom. The summed E-state index contributed by atoms with van der Waals surface area (Å²) in [6.45, 7) is 3.59. The second kappa shape index (κ2) is 11.0. The van der Waals surface area contributed by atoms with Gasteiger partial charge in [0.1, 0.15) is 17.0 Å². The Morgan fingerprint density at radius 2 is 1.84 bits per heavy atom. The highest BCUT2D eigenvalue weighted by molar-refractivity contribution is 7.88. The summed E-state index contributed by atoms with van der Waals surface area (Å²) in [6.07, 6.45) is 5.94. The van der Waals surface area contributed by atoms with Gasteiger partial charge in [0.25, 0.3) is 0 Å². The molecule has 4 N–H and O–H groups in total. The van der Waals surface area contributed by atoms with Crippen molar-refractivity contribution in [3.8, 4) is 33.9 Å². The minimum Gasteiger partial charge on any atom is -0.353 e. The van der Waals surface area contributed by atoms with E-state index in [9.17, 15) is 17.6 Å². The molecule has 0 unspecified atom stereocenters. The van der Waals surface area contributed by atoms with Crippen LogP contribution in [-0.2, 0) is 21.4 Å². The van der Waals surface area contributed by atoms with E-state index in [1.165, 1.54) is 12.1 Å². The fourth-order valence-corrected chi connectivity index (χ4v) is 5.13. The number of hydrogen-bond acceptors (Lipinski definition) is 7. The Balaban J connectivity index is 1.38. The SMILES string of the molecule is CC(C)C(=O)Nc1cncc(-c2ccc3[nH]nc(-c4cc5c(-c6cc(F)cc(CNS(C)(=O)=O)c6)nccc5[nH]4)c3n2)c1. The first kappa shape index (κ1) is 28.1. The number of amides is 1. The van der Waals surface area contributed by atoms with Gasteiger partial charge in [0, 0.05) is 46.9 Å². The van der Waals surface area contributed by atoms with Crippen molar-refractivity contribution in [2.45, 2.75) is 20.4 Å². The van der Waals surface area contributed by atoms with Crippen molar-refractivity contribution in [3.05, 3.63) is 78.5 Å². The van der Waals surface area contributed by atoms with Crippen molar-refractivity contribution in [3.63, 3.8) is 0 Å². The Morgan fingerprint density at radius 3 is 2.63 bits per heavy atom. The molecule has 13 heteroatoms. The quantitative estimate of drug-likeness (QED) is 0.192. The second-order valence-corrected chi connectivity index (χ2v) is 12.3. The Labute approximate surface area is 246 Å². The van der Waals surface area contributed by atoms with Gasteiger partial charge in [0.15, 0.2) is 0 Å². The number of hydrogen-bond donors (Lipinski definition) is 4. The van der Waals surface area contributed by atoms with Crippen LogP contribution >= 0.6 is 0 Å². The highest BCUT2D eigenvalue weighted by Crippen LogP contribution is 2.34. The number of fused-ring (bicyclic) bond motifs is 2. The zero-order valence-electron chi connectivity index (χ0n) is 23.4. The van der Waals surface area contributed by atoms with Crippen LogP contribution in [0.5, 0.6) is 0 Å². The van der Waals surface area contributed by atoms with Crippen LogP contribution in [0.4, 0.5) is 10.1 Å². The van der Waals surface area contributed by atoms with Crippen LogP contribution in [0.1, 0.15) is 19.4 Å². The van der Waals surface area contributed by atoms with Gasteiger partial charge in [-0.25, -0.2) is 22.5 Å². The number of pyridine rings is 3. The van der Waals surface area contributed by atoms with Gasteiger partial charge in [0.2, 0.25) is 15.9 Å². The van der Waals surface area contributed by atoms with E-state index in [0.717, 1.165) is 28.2 Å². The summed E-state index contributed by atoms with van der Waals surface area (Å²) in [7, 11) is -3.45. The molecule has 0 spiro atoms. The van der Waals surface area contributed by atoms with E-state index in [2.05, 4.69) is 35.2 Å². The lowest BCUT2D eigenvalue weighted by Gasteiger charge is -2.08. The average molecular weight is 599 g/mol. The molecule has 1 amide bonds. The van der Waals surface area contributed by atoms with Gasteiger partial charge in [-0.1, -0.05) is 13.8 Å². The van der Waals surface area contributed by atoms with Crippen molar-refractivity contribution < 1.29 is 17.6 Å². The third-order valence-electron chi connectivity index (χ3n) is 6.81. The van der Waals surface area contributed by atoms with Crippen LogP contribution in [-0.4, -0.2) is 50.7 Å². The number of benzene rings is 1. The lowest BCUT2D eigenvalue weighted by molar-refractivity contribution is -0.118. The number of nitrogens with zero attached hydrogens (tertiary/aromatic N) is 4. The number of aromatic amines is 2. The second-order valence-electron chi connectivity index (χ2n) is 10.5. The average Bonchev–Trinajstić information content (AvgIpc) is 3.59. The van der Waals surface area contributed by atoms with Crippen molar-refractivity contribution in [1.29, 1.82) is 0 Å². The van der Waals surface area contributed by atoms with E-state index in [1.807, 2.05) is 44.2 Å². The van der Waals surface area contributed by atoms with Crippen LogP contribution in [0.15, 0.2) is 67.1 Å². The van der Waals surface area contributed by atoms with Crippen molar-refractivity contribution >= 4 is 43.6 Å². The molecule has 218 valence electrons. The molecule has 11 nitrogen and oxygen atoms in total. The monoisotopic (exact) mass is 598 g/mol. The first-order valence-electron chi connectivity index (χ1n) is 13.4. The molecule has 0 atom stereocenters. The first-order chi connectivity index (χ1) is 20.5. The number of anilines is 1. The number of rotatable bonds is 8. The largest absolute Gasteiger partial charge is 0.353 e. The molecule has 0 aliphatic carbocycles. The van der Waals surface area contributed by atoms with E-state index in [0.29, 0.717) is 45.1 Å². The fourth-order valence-electron chi connectivity index (χ4n) is 4.70. The minimum absolute atomic E-state index is 0.0479. The number of sulfonamides is 1. The van der Waals surface area contributed by atoms with Gasteiger partial charge in [-0.2, -0.15) is 5.10 Å². The smallest absolute Gasteiger partial charge is 0.226 e. The Bertz CT molecular complexity index is 2120. The van der Waals surface area contributed by atoms with Crippen LogP contribution in [0, 0.1) is 11.7 Å². The molecule has 5 aromatic heterocycles. The summed E-state index contributed by atoms with van der Waals surface area (Å²) in [5, 5.41) is 11.1. The molecule has 0 aliphatic rings. The summed E-state index contributed by atoms with van der Waals surface area (Å²) in [5.41, 5.74) is 6.80. The molecule has 0 fully saturated rings. The van der Waals surface area contributed by atoms with Gasteiger partial charge < -0.3 is 10.3 Å². The minimum atomic E-state index is -3.45. The van der Waals surface area contributed by atoms with Crippen LogP contribution in [0.2, 0.25) is 0 Å². The molecule has 0 radical (unpaired) electrons. The summed E-state index contributed by atoms with van der Waals surface area (Å²) in [4.78, 5) is 29.2. The van der Waals surface area contributed by atoms with Gasteiger partial charge >= 0.3 is 0 Å². The summed E-state index contributed by atoms with van der Waals surface area (Å²) in [5.74, 6) is -0.777. The summed E-state index contributed by atoms with van der Waals surface area (Å²) >= 11 is 0. The van der Waals surface area contributed by atoms with Crippen molar-refractivity contribution in [1.82, 2.24) is 34.9 Å². The normalized spacial score (nSPS) is 11.9. The van der Waals surface area contributed by atoms with E-state index in [4.69, 9.17) is 4.98 Å².